The van der Waals surface area contributed by atoms with Gasteiger partial charge in [0.1, 0.15) is 6.26 Å². The second-order valence-corrected chi connectivity index (χ2v) is 2.51. The van der Waals surface area contributed by atoms with Crippen molar-refractivity contribution in [3.8, 4) is 0 Å². The van der Waals surface area contributed by atoms with E-state index >= 15 is 0 Å². The first-order chi connectivity index (χ1) is 7.02. The van der Waals surface area contributed by atoms with Crippen molar-refractivity contribution in [1.29, 1.82) is 0 Å². The topological polar surface area (TPSA) is 113 Å². The number of hydrogen-bond acceptors (Lipinski definition) is 4. The summed E-state index contributed by atoms with van der Waals surface area (Å²) < 4.78 is 0. The summed E-state index contributed by atoms with van der Waals surface area (Å²) in [6.07, 6.45) is 2.94. The molecule has 0 aromatic heterocycles. The van der Waals surface area contributed by atoms with Gasteiger partial charge in [-0.05, 0) is 6.08 Å². The molecule has 1 amide bonds. The summed E-state index contributed by atoms with van der Waals surface area (Å²) in [7, 11) is 0. The molecule has 0 unspecified atom stereocenters. The number of hydroxylamine groups is 1. The third-order valence-electron chi connectivity index (χ3n) is 1.19. The van der Waals surface area contributed by atoms with E-state index < -0.39 is 11.9 Å². The van der Waals surface area contributed by atoms with Gasteiger partial charge < -0.3 is 15.1 Å². The predicted molar refractivity (Wildman–Crippen MR) is 47.5 cm³/mol. The molecule has 84 valence electrons. The van der Waals surface area contributed by atoms with Gasteiger partial charge in [-0.25, -0.2) is 0 Å². The van der Waals surface area contributed by atoms with Crippen molar-refractivity contribution in [3.63, 3.8) is 0 Å². The number of nitrogens with one attached hydrogen (secondary N) is 1. The molecule has 0 aliphatic carbocycles. The minimum absolute atomic E-state index is 0.0949. The van der Waals surface area contributed by atoms with Crippen LogP contribution in [0.5, 0.6) is 0 Å². The maximum Gasteiger partial charge on any atom is 0.303 e. The lowest BCUT2D eigenvalue weighted by molar-refractivity contribution is -0.143. The number of carboxylic acid groups (broad SMARTS) is 2. The molecule has 0 aromatic carbocycles. The number of hydrogen-bond donors (Lipinski definition) is 3. The molecule has 0 bridgehead atoms. The highest BCUT2D eigenvalue weighted by Crippen LogP contribution is 1.88. The predicted octanol–water partition coefficient (Wildman–Crippen LogP) is -0.113. The number of carbonyl (C=O) groups is 3. The summed E-state index contributed by atoms with van der Waals surface area (Å²) in [6.45, 7) is 0. The molecule has 3 N–H and O–H groups in total. The fourth-order valence-corrected chi connectivity index (χ4v) is 0.559. The Morgan fingerprint density at radius 1 is 1.33 bits per heavy atom. The van der Waals surface area contributed by atoms with E-state index in [-0.39, 0.29) is 18.7 Å². The van der Waals surface area contributed by atoms with Crippen LogP contribution in [0.4, 0.5) is 0 Å². The van der Waals surface area contributed by atoms with Gasteiger partial charge in [-0.1, -0.05) is 0 Å². The number of carbonyl (C=O) groups excluding carboxylic acids is 1. The number of aliphatic carboxylic acids is 2. The summed E-state index contributed by atoms with van der Waals surface area (Å²) in [4.78, 5) is 33.9. The van der Waals surface area contributed by atoms with E-state index in [2.05, 4.69) is 10.3 Å². The van der Waals surface area contributed by atoms with Crippen molar-refractivity contribution in [2.24, 2.45) is 0 Å². The van der Waals surface area contributed by atoms with Gasteiger partial charge in [-0.2, -0.15) is 5.48 Å². The zero-order valence-electron chi connectivity index (χ0n) is 7.80. The summed E-state index contributed by atoms with van der Waals surface area (Å²) in [5.74, 6) is -2.25. The smallest absolute Gasteiger partial charge is 0.303 e. The maximum atomic E-state index is 10.2. The fourth-order valence-electron chi connectivity index (χ4n) is 0.559. The van der Waals surface area contributed by atoms with Crippen LogP contribution in [0.25, 0.3) is 0 Å². The average Bonchev–Trinajstić information content (AvgIpc) is 2.17. The minimum Gasteiger partial charge on any atom is -0.481 e. The summed E-state index contributed by atoms with van der Waals surface area (Å²) in [5.41, 5.74) is 2.16. The average molecular weight is 217 g/mol. The first-order valence-electron chi connectivity index (χ1n) is 4.05. The van der Waals surface area contributed by atoms with E-state index in [1.807, 2.05) is 0 Å². The zero-order valence-corrected chi connectivity index (χ0v) is 7.80. The molecule has 1 rings (SSSR count). The van der Waals surface area contributed by atoms with E-state index in [1.165, 1.54) is 6.26 Å². The molecule has 1 heterocycles. The van der Waals surface area contributed by atoms with Crippen LogP contribution >= 0.6 is 0 Å². The summed E-state index contributed by atoms with van der Waals surface area (Å²) in [6, 6.07) is 0. The van der Waals surface area contributed by atoms with Crippen LogP contribution in [-0.2, 0) is 19.2 Å². The highest BCUT2D eigenvalue weighted by molar-refractivity contribution is 5.76. The molecule has 0 radical (unpaired) electrons. The molecule has 0 aromatic rings. The van der Waals surface area contributed by atoms with Gasteiger partial charge in [0.2, 0.25) is 0 Å². The minimum atomic E-state index is -1.08. The first kappa shape index (κ1) is 12.9. The quantitative estimate of drug-likeness (QED) is 0.607. The van der Waals surface area contributed by atoms with Crippen LogP contribution in [0.15, 0.2) is 12.3 Å². The van der Waals surface area contributed by atoms with Crippen LogP contribution in [0, 0.1) is 0 Å². The van der Waals surface area contributed by atoms with Gasteiger partial charge in [0.15, 0.2) is 0 Å². The van der Waals surface area contributed by atoms with Crippen molar-refractivity contribution in [3.05, 3.63) is 12.3 Å². The Morgan fingerprint density at radius 2 is 1.87 bits per heavy atom. The highest BCUT2D eigenvalue weighted by atomic mass is 16.6. The Balaban J connectivity index is 0.000000262. The van der Waals surface area contributed by atoms with Crippen LogP contribution in [0.3, 0.4) is 0 Å². The normalized spacial score (nSPS) is 12.9. The standard InChI is InChI=1S/C4H5NO2.C4H6O4/c6-4-2-1-3-7-5-4;5-3(6)1-2-4(7)8/h1,3H,2H2,(H,5,6);1-2H2,(H,5,6)(H,7,8). The molecular weight excluding hydrogens is 206 g/mol. The molecule has 1 aliphatic heterocycles. The van der Waals surface area contributed by atoms with E-state index in [0.29, 0.717) is 6.42 Å². The van der Waals surface area contributed by atoms with Crippen LogP contribution < -0.4 is 5.48 Å². The molecular formula is C8H11NO6. The van der Waals surface area contributed by atoms with Gasteiger partial charge >= 0.3 is 11.9 Å². The fraction of sp³-hybridized carbons (Fsp3) is 0.375. The number of carboxylic acids is 2. The van der Waals surface area contributed by atoms with Gasteiger partial charge in [0, 0.05) is 0 Å². The first-order valence-corrected chi connectivity index (χ1v) is 4.05. The Bertz CT molecular complexity index is 258. The van der Waals surface area contributed by atoms with Crippen LogP contribution in [0.2, 0.25) is 0 Å². The monoisotopic (exact) mass is 217 g/mol. The second-order valence-electron chi connectivity index (χ2n) is 2.51. The SMILES string of the molecule is O=C(O)CCC(=O)O.O=C1CC=CON1. The molecule has 1 aliphatic rings. The second kappa shape index (κ2) is 7.36. The summed E-state index contributed by atoms with van der Waals surface area (Å²) in [5, 5.41) is 15.8. The van der Waals surface area contributed by atoms with Crippen molar-refractivity contribution < 1.29 is 29.4 Å². The third kappa shape index (κ3) is 9.87. The molecule has 7 heteroatoms. The molecule has 15 heavy (non-hydrogen) atoms. The Labute approximate surface area is 85.3 Å². The molecule has 0 fully saturated rings. The Morgan fingerprint density at radius 3 is 2.07 bits per heavy atom. The van der Waals surface area contributed by atoms with Crippen LogP contribution in [-0.4, -0.2) is 28.1 Å². The van der Waals surface area contributed by atoms with E-state index in [0.717, 1.165) is 0 Å². The third-order valence-corrected chi connectivity index (χ3v) is 1.19. The van der Waals surface area contributed by atoms with Crippen molar-refractivity contribution in [2.75, 3.05) is 0 Å². The molecule has 0 saturated heterocycles. The largest absolute Gasteiger partial charge is 0.481 e. The molecule has 7 nitrogen and oxygen atoms in total. The maximum absolute atomic E-state index is 10.2. The van der Waals surface area contributed by atoms with Crippen molar-refractivity contribution in [1.82, 2.24) is 5.48 Å². The highest BCUT2D eigenvalue weighted by Gasteiger charge is 2.00. The van der Waals surface area contributed by atoms with Gasteiger partial charge in [-0.3, -0.25) is 14.4 Å². The van der Waals surface area contributed by atoms with E-state index in [9.17, 15) is 14.4 Å². The lowest BCUT2D eigenvalue weighted by Gasteiger charge is -2.03. The summed E-state index contributed by atoms with van der Waals surface area (Å²) >= 11 is 0. The van der Waals surface area contributed by atoms with E-state index in [4.69, 9.17) is 10.2 Å². The van der Waals surface area contributed by atoms with Crippen molar-refractivity contribution in [2.45, 2.75) is 19.3 Å². The van der Waals surface area contributed by atoms with Gasteiger partial charge in [0.05, 0.1) is 19.3 Å². The Kier molecular flexibility index (Phi) is 6.36. The van der Waals surface area contributed by atoms with Gasteiger partial charge in [0.25, 0.3) is 5.91 Å². The lowest BCUT2D eigenvalue weighted by Crippen LogP contribution is -2.22. The van der Waals surface area contributed by atoms with Crippen molar-refractivity contribution >= 4 is 17.8 Å². The molecule has 0 atom stereocenters. The molecule has 0 spiro atoms. The number of amides is 1. The Hall–Kier alpha value is -2.05. The lowest BCUT2D eigenvalue weighted by atomic mass is 10.3. The molecule has 0 saturated carbocycles. The van der Waals surface area contributed by atoms with Crippen LogP contribution in [0.1, 0.15) is 19.3 Å². The number of rotatable bonds is 3. The zero-order chi connectivity index (χ0) is 11.7. The van der Waals surface area contributed by atoms with Gasteiger partial charge in [-0.15, -0.1) is 0 Å². The van der Waals surface area contributed by atoms with E-state index in [1.54, 1.807) is 6.08 Å².